The van der Waals surface area contributed by atoms with Crippen molar-refractivity contribution in [2.75, 3.05) is 13.7 Å². The normalized spacial score (nSPS) is 14.9. The monoisotopic (exact) mass is 496 g/mol. The molecular weight excluding hydrogens is 472 g/mol. The van der Waals surface area contributed by atoms with Gasteiger partial charge in [0.1, 0.15) is 5.75 Å². The maximum absolute atomic E-state index is 13.3. The number of hydrogen-bond donors (Lipinski definition) is 0. The molecule has 9 nitrogen and oxygen atoms in total. The summed E-state index contributed by atoms with van der Waals surface area (Å²) < 4.78 is 11.7. The number of methoxy groups -OCH3 is 1. The van der Waals surface area contributed by atoms with Crippen LogP contribution in [0.1, 0.15) is 34.1 Å². The third kappa shape index (κ3) is 4.71. The molecule has 1 aliphatic rings. The van der Waals surface area contributed by atoms with E-state index < -0.39 is 18.5 Å². The van der Waals surface area contributed by atoms with Gasteiger partial charge in [0, 0.05) is 18.9 Å². The van der Waals surface area contributed by atoms with Gasteiger partial charge in [0.2, 0.25) is 0 Å². The first-order chi connectivity index (χ1) is 18.0. The molecule has 0 saturated heterocycles. The molecule has 4 aromatic rings. The Morgan fingerprint density at radius 3 is 2.32 bits per heavy atom. The molecular formula is C28H24N4O5. The summed E-state index contributed by atoms with van der Waals surface area (Å²) >= 11 is 0. The SMILES string of the molecule is COc1ccc(C2CC(c3ccccc3)=NN2C(=O)COC(=O)c2nn(C)c(=O)c3ccccc23)cc1. The standard InChI is InChI=1S/C28H24N4O5/c1-31-27(34)22-11-7-6-10-21(22)26(30-31)28(35)37-17-25(33)32-24(19-12-14-20(36-2)15-13-19)16-23(29-32)18-8-4-3-5-9-18/h3-15,24H,16-17H2,1-2H3. The van der Waals surface area contributed by atoms with Crippen LogP contribution in [0.2, 0.25) is 0 Å². The minimum Gasteiger partial charge on any atom is -0.497 e. The molecule has 0 bridgehead atoms. The van der Waals surface area contributed by atoms with Gasteiger partial charge in [-0.1, -0.05) is 60.7 Å². The summed E-state index contributed by atoms with van der Waals surface area (Å²) in [6.45, 7) is -0.532. The molecule has 1 aliphatic heterocycles. The number of esters is 1. The van der Waals surface area contributed by atoms with Crippen molar-refractivity contribution in [2.45, 2.75) is 12.5 Å². The summed E-state index contributed by atoms with van der Waals surface area (Å²) in [4.78, 5) is 38.6. The smallest absolute Gasteiger partial charge is 0.359 e. The number of aryl methyl sites for hydroxylation is 1. The molecule has 9 heteroatoms. The van der Waals surface area contributed by atoms with Crippen molar-refractivity contribution in [3.63, 3.8) is 0 Å². The van der Waals surface area contributed by atoms with Crippen LogP contribution in [0.5, 0.6) is 5.75 Å². The zero-order chi connectivity index (χ0) is 25.9. The van der Waals surface area contributed by atoms with Crippen molar-refractivity contribution in [2.24, 2.45) is 12.1 Å². The van der Waals surface area contributed by atoms with E-state index in [1.54, 1.807) is 31.4 Å². The van der Waals surface area contributed by atoms with E-state index in [1.807, 2.05) is 54.6 Å². The van der Waals surface area contributed by atoms with Crippen LogP contribution in [-0.2, 0) is 16.6 Å². The Bertz CT molecular complexity index is 1560. The highest BCUT2D eigenvalue weighted by Crippen LogP contribution is 2.33. The molecule has 1 aromatic heterocycles. The first-order valence-corrected chi connectivity index (χ1v) is 11.7. The van der Waals surface area contributed by atoms with Crippen LogP contribution in [-0.4, -0.2) is 46.1 Å². The summed E-state index contributed by atoms with van der Waals surface area (Å²) in [6, 6.07) is 23.3. The fourth-order valence-electron chi connectivity index (χ4n) is 4.34. The quantitative estimate of drug-likeness (QED) is 0.379. The molecule has 0 N–H and O–H groups in total. The van der Waals surface area contributed by atoms with Gasteiger partial charge in [-0.25, -0.2) is 14.5 Å². The van der Waals surface area contributed by atoms with E-state index in [-0.39, 0.29) is 17.3 Å². The number of carbonyl (C=O) groups excluding carboxylic acids is 2. The van der Waals surface area contributed by atoms with Crippen molar-refractivity contribution < 1.29 is 19.1 Å². The maximum atomic E-state index is 13.3. The van der Waals surface area contributed by atoms with Crippen LogP contribution >= 0.6 is 0 Å². The van der Waals surface area contributed by atoms with E-state index in [2.05, 4.69) is 10.2 Å². The lowest BCUT2D eigenvalue weighted by atomic mass is 9.98. The van der Waals surface area contributed by atoms with Crippen LogP contribution in [0.15, 0.2) is 88.8 Å². The highest BCUT2D eigenvalue weighted by atomic mass is 16.5. The lowest BCUT2D eigenvalue weighted by molar-refractivity contribution is -0.136. The fraction of sp³-hybridized carbons (Fsp3) is 0.179. The Hall–Kier alpha value is -4.79. The van der Waals surface area contributed by atoms with Gasteiger partial charge in [-0.2, -0.15) is 10.2 Å². The summed E-state index contributed by atoms with van der Waals surface area (Å²) in [6.07, 6.45) is 0.503. The highest BCUT2D eigenvalue weighted by molar-refractivity contribution is 6.04. The van der Waals surface area contributed by atoms with Gasteiger partial charge < -0.3 is 9.47 Å². The number of nitrogens with zero attached hydrogens (tertiary/aromatic N) is 4. The molecule has 0 aliphatic carbocycles. The third-order valence-corrected chi connectivity index (χ3v) is 6.25. The van der Waals surface area contributed by atoms with E-state index in [0.29, 0.717) is 22.9 Å². The number of aromatic nitrogens is 2. The zero-order valence-electron chi connectivity index (χ0n) is 20.3. The molecule has 2 heterocycles. The number of benzene rings is 3. The molecule has 0 spiro atoms. The lowest BCUT2D eigenvalue weighted by Gasteiger charge is -2.22. The summed E-state index contributed by atoms with van der Waals surface area (Å²) in [5.74, 6) is -0.573. The average Bonchev–Trinajstić information content (AvgIpc) is 3.40. The molecule has 0 saturated carbocycles. The Kier molecular flexibility index (Phi) is 6.51. The summed E-state index contributed by atoms with van der Waals surface area (Å²) in [5.41, 5.74) is 2.18. The lowest BCUT2D eigenvalue weighted by Crippen LogP contribution is -2.32. The Morgan fingerprint density at radius 1 is 0.946 bits per heavy atom. The van der Waals surface area contributed by atoms with Gasteiger partial charge in [-0.3, -0.25) is 9.59 Å². The van der Waals surface area contributed by atoms with Crippen molar-refractivity contribution >= 4 is 28.4 Å². The van der Waals surface area contributed by atoms with E-state index >= 15 is 0 Å². The van der Waals surface area contributed by atoms with Crippen LogP contribution in [0.3, 0.4) is 0 Å². The van der Waals surface area contributed by atoms with Gasteiger partial charge >= 0.3 is 5.97 Å². The van der Waals surface area contributed by atoms with E-state index in [9.17, 15) is 14.4 Å². The molecule has 1 atom stereocenters. The fourth-order valence-corrected chi connectivity index (χ4v) is 4.34. The minimum atomic E-state index is -0.799. The van der Waals surface area contributed by atoms with E-state index in [1.165, 1.54) is 12.1 Å². The van der Waals surface area contributed by atoms with Crippen molar-refractivity contribution in [1.29, 1.82) is 0 Å². The third-order valence-electron chi connectivity index (χ3n) is 6.25. The number of fused-ring (bicyclic) bond motifs is 1. The molecule has 1 unspecified atom stereocenters. The number of hydrazone groups is 1. The number of carbonyl (C=O) groups is 2. The second-order valence-electron chi connectivity index (χ2n) is 8.54. The Labute approximate surface area is 212 Å². The van der Waals surface area contributed by atoms with Gasteiger partial charge in [-0.05, 0) is 29.3 Å². The number of hydrogen-bond acceptors (Lipinski definition) is 7. The van der Waals surface area contributed by atoms with E-state index in [4.69, 9.17) is 9.47 Å². The minimum absolute atomic E-state index is 0.0351. The largest absolute Gasteiger partial charge is 0.497 e. The number of amides is 1. The molecule has 37 heavy (non-hydrogen) atoms. The molecule has 5 rings (SSSR count). The Balaban J connectivity index is 1.40. The second-order valence-corrected chi connectivity index (χ2v) is 8.54. The van der Waals surface area contributed by atoms with Crippen molar-refractivity contribution in [3.05, 3.63) is 106 Å². The zero-order valence-corrected chi connectivity index (χ0v) is 20.3. The maximum Gasteiger partial charge on any atom is 0.359 e. The first-order valence-electron chi connectivity index (χ1n) is 11.7. The molecule has 0 radical (unpaired) electrons. The molecule has 3 aromatic carbocycles. The number of rotatable bonds is 6. The van der Waals surface area contributed by atoms with Crippen LogP contribution in [0, 0.1) is 0 Å². The summed E-state index contributed by atoms with van der Waals surface area (Å²) in [5, 5.41) is 10.7. The van der Waals surface area contributed by atoms with Gasteiger partial charge in [0.25, 0.3) is 11.5 Å². The second kappa shape index (κ2) is 10.1. The van der Waals surface area contributed by atoms with Gasteiger partial charge in [0.05, 0.1) is 24.2 Å². The van der Waals surface area contributed by atoms with Crippen molar-refractivity contribution in [3.8, 4) is 5.75 Å². The predicted molar refractivity (Wildman–Crippen MR) is 137 cm³/mol. The summed E-state index contributed by atoms with van der Waals surface area (Å²) in [7, 11) is 3.05. The molecule has 186 valence electrons. The predicted octanol–water partition coefficient (Wildman–Crippen LogP) is 3.48. The average molecular weight is 497 g/mol. The van der Waals surface area contributed by atoms with Gasteiger partial charge in [0.15, 0.2) is 12.3 Å². The first kappa shape index (κ1) is 23.9. The molecule has 1 amide bonds. The Morgan fingerprint density at radius 2 is 1.62 bits per heavy atom. The van der Waals surface area contributed by atoms with Crippen LogP contribution in [0.4, 0.5) is 0 Å². The number of ether oxygens (including phenoxy) is 2. The molecule has 0 fully saturated rings. The van der Waals surface area contributed by atoms with Crippen molar-refractivity contribution in [1.82, 2.24) is 14.8 Å². The topological polar surface area (TPSA) is 103 Å². The van der Waals surface area contributed by atoms with Crippen LogP contribution < -0.4 is 10.3 Å². The van der Waals surface area contributed by atoms with Gasteiger partial charge in [-0.15, -0.1) is 0 Å². The highest BCUT2D eigenvalue weighted by Gasteiger charge is 2.34. The van der Waals surface area contributed by atoms with E-state index in [0.717, 1.165) is 21.5 Å². The van der Waals surface area contributed by atoms with Crippen LogP contribution in [0.25, 0.3) is 10.8 Å².